The monoisotopic (exact) mass is 444 g/mol. The molecule has 2 aromatic heterocycles. The zero-order chi connectivity index (χ0) is 21.3. The predicted octanol–water partition coefficient (Wildman–Crippen LogP) is 3.57. The highest BCUT2D eigenvalue weighted by Crippen LogP contribution is 2.35. The lowest BCUT2D eigenvalue weighted by Crippen LogP contribution is -2.49. The van der Waals surface area contributed by atoms with E-state index in [1.54, 1.807) is 22.6 Å². The van der Waals surface area contributed by atoms with Gasteiger partial charge in [-0.15, -0.1) is 11.3 Å². The van der Waals surface area contributed by atoms with E-state index in [4.69, 9.17) is 9.97 Å². The Kier molecular flexibility index (Phi) is 6.09. The molecule has 8 heteroatoms. The Morgan fingerprint density at radius 2 is 1.70 bits per heavy atom. The van der Waals surface area contributed by atoms with E-state index in [2.05, 4.69) is 43.0 Å². The first-order valence-corrected chi connectivity index (χ1v) is 12.8. The fourth-order valence-electron chi connectivity index (χ4n) is 3.87. The molecule has 0 aliphatic carbocycles. The first-order chi connectivity index (χ1) is 14.4. The van der Waals surface area contributed by atoms with E-state index in [-0.39, 0.29) is 5.75 Å². The minimum absolute atomic E-state index is 0.150. The molecule has 0 radical (unpaired) electrons. The van der Waals surface area contributed by atoms with E-state index in [0.717, 1.165) is 34.7 Å². The summed E-state index contributed by atoms with van der Waals surface area (Å²) < 4.78 is 26.1. The van der Waals surface area contributed by atoms with Gasteiger partial charge in [-0.05, 0) is 38.3 Å². The normalized spacial score (nSPS) is 15.8. The maximum Gasteiger partial charge on any atom is 0.213 e. The molecule has 3 aromatic rings. The van der Waals surface area contributed by atoms with Gasteiger partial charge in [0.05, 0.1) is 11.1 Å². The number of thiophene rings is 1. The lowest BCUT2D eigenvalue weighted by Gasteiger charge is -2.35. The van der Waals surface area contributed by atoms with E-state index in [1.807, 2.05) is 6.07 Å². The summed E-state index contributed by atoms with van der Waals surface area (Å²) in [5, 5.41) is 1.12. The van der Waals surface area contributed by atoms with Gasteiger partial charge in [-0.2, -0.15) is 4.31 Å². The van der Waals surface area contributed by atoms with Gasteiger partial charge >= 0.3 is 0 Å². The predicted molar refractivity (Wildman–Crippen MR) is 124 cm³/mol. The quantitative estimate of drug-likeness (QED) is 0.582. The Bertz CT molecular complexity index is 1130. The summed E-state index contributed by atoms with van der Waals surface area (Å²) in [7, 11) is -3.14. The van der Waals surface area contributed by atoms with Crippen LogP contribution in [0.1, 0.15) is 28.8 Å². The van der Waals surface area contributed by atoms with Crippen molar-refractivity contribution in [1.82, 2.24) is 14.3 Å². The minimum atomic E-state index is -3.14. The van der Waals surface area contributed by atoms with Crippen LogP contribution in [0.5, 0.6) is 0 Å². The Morgan fingerprint density at radius 3 is 2.37 bits per heavy atom. The molecular formula is C22H28N4O2S2. The van der Waals surface area contributed by atoms with Crippen LogP contribution in [0.4, 0.5) is 5.82 Å². The van der Waals surface area contributed by atoms with E-state index >= 15 is 0 Å². The van der Waals surface area contributed by atoms with Gasteiger partial charge in [0.1, 0.15) is 16.5 Å². The molecule has 0 spiro atoms. The maximum absolute atomic E-state index is 12.2. The van der Waals surface area contributed by atoms with Crippen LogP contribution in [0.25, 0.3) is 10.2 Å². The lowest BCUT2D eigenvalue weighted by atomic mass is 10.1. The van der Waals surface area contributed by atoms with Gasteiger partial charge in [0.25, 0.3) is 0 Å². The van der Waals surface area contributed by atoms with Gasteiger partial charge < -0.3 is 4.90 Å². The number of benzene rings is 1. The third kappa shape index (κ3) is 4.22. The van der Waals surface area contributed by atoms with Crippen molar-refractivity contribution >= 4 is 37.4 Å². The van der Waals surface area contributed by atoms with Gasteiger partial charge in [0.2, 0.25) is 10.0 Å². The fraction of sp³-hybridized carbons (Fsp3) is 0.455. The second kappa shape index (κ2) is 8.61. The number of piperazine rings is 1. The Balaban J connectivity index is 1.63. The first kappa shape index (κ1) is 21.2. The highest BCUT2D eigenvalue weighted by atomic mass is 32.2. The van der Waals surface area contributed by atoms with E-state index < -0.39 is 10.0 Å². The molecule has 3 heterocycles. The van der Waals surface area contributed by atoms with Gasteiger partial charge in [0.15, 0.2) is 0 Å². The summed E-state index contributed by atoms with van der Waals surface area (Å²) in [6.45, 7) is 8.26. The molecule has 0 saturated carbocycles. The molecule has 0 unspecified atom stereocenters. The van der Waals surface area contributed by atoms with Crippen LogP contribution < -0.4 is 4.90 Å². The number of aromatic nitrogens is 2. The van der Waals surface area contributed by atoms with Crippen molar-refractivity contribution in [2.24, 2.45) is 0 Å². The molecule has 0 bridgehead atoms. The van der Waals surface area contributed by atoms with E-state index in [0.29, 0.717) is 26.2 Å². The standard InChI is InChI=1S/C22H28N4O2S2/c1-4-30(27,28)26-14-12-25(13-15-26)21-20-16(2)17(3)29-22(20)24-19(23-21)11-10-18-8-6-5-7-9-18/h5-9H,4,10-15H2,1-3H3. The number of rotatable bonds is 6. The van der Waals surface area contributed by atoms with Crippen molar-refractivity contribution in [3.05, 3.63) is 52.2 Å². The topological polar surface area (TPSA) is 66.4 Å². The van der Waals surface area contributed by atoms with Gasteiger partial charge in [-0.25, -0.2) is 18.4 Å². The van der Waals surface area contributed by atoms with Gasteiger partial charge in [-0.1, -0.05) is 30.3 Å². The van der Waals surface area contributed by atoms with Gasteiger partial charge in [-0.3, -0.25) is 0 Å². The zero-order valence-corrected chi connectivity index (χ0v) is 19.4. The number of aryl methyl sites for hydroxylation is 4. The number of anilines is 1. The number of hydrogen-bond acceptors (Lipinski definition) is 6. The molecule has 4 rings (SSSR count). The van der Waals surface area contributed by atoms with Gasteiger partial charge in [0, 0.05) is 37.5 Å². The molecule has 0 N–H and O–H groups in total. The Hall–Kier alpha value is -2.03. The highest BCUT2D eigenvalue weighted by Gasteiger charge is 2.28. The summed E-state index contributed by atoms with van der Waals surface area (Å²) in [6, 6.07) is 10.4. The third-order valence-corrected chi connectivity index (χ3v) is 8.82. The molecule has 1 aliphatic heterocycles. The largest absolute Gasteiger partial charge is 0.353 e. The third-order valence-electron chi connectivity index (χ3n) is 5.83. The van der Waals surface area contributed by atoms with E-state index in [1.165, 1.54) is 16.0 Å². The SMILES string of the molecule is CCS(=O)(=O)N1CCN(c2nc(CCc3ccccc3)nc3sc(C)c(C)c23)CC1. The highest BCUT2D eigenvalue weighted by molar-refractivity contribution is 7.89. The number of hydrogen-bond donors (Lipinski definition) is 0. The zero-order valence-electron chi connectivity index (χ0n) is 17.8. The molecule has 0 amide bonds. The van der Waals surface area contributed by atoms with Crippen LogP contribution in [0.2, 0.25) is 0 Å². The minimum Gasteiger partial charge on any atom is -0.353 e. The summed E-state index contributed by atoms with van der Waals surface area (Å²) in [4.78, 5) is 14.4. The average Bonchev–Trinajstić information content (AvgIpc) is 3.06. The average molecular weight is 445 g/mol. The molecule has 1 fully saturated rings. The van der Waals surface area contributed by atoms with Crippen molar-refractivity contribution in [1.29, 1.82) is 0 Å². The summed E-state index contributed by atoms with van der Waals surface area (Å²) >= 11 is 1.72. The molecule has 1 aliphatic rings. The van der Waals surface area contributed by atoms with Crippen LogP contribution in [0, 0.1) is 13.8 Å². The number of fused-ring (bicyclic) bond motifs is 1. The van der Waals surface area contributed by atoms with Crippen molar-refractivity contribution in [2.45, 2.75) is 33.6 Å². The fourth-order valence-corrected chi connectivity index (χ4v) is 6.00. The second-order valence-corrected chi connectivity index (χ2v) is 11.2. The summed E-state index contributed by atoms with van der Waals surface area (Å²) in [5.41, 5.74) is 2.50. The maximum atomic E-state index is 12.2. The molecule has 30 heavy (non-hydrogen) atoms. The van der Waals surface area contributed by atoms with Crippen LogP contribution in [-0.2, 0) is 22.9 Å². The van der Waals surface area contributed by atoms with Crippen molar-refractivity contribution in [3.8, 4) is 0 Å². The summed E-state index contributed by atoms with van der Waals surface area (Å²) in [5.74, 6) is 1.96. The Morgan fingerprint density at radius 1 is 1.00 bits per heavy atom. The van der Waals surface area contributed by atoms with Crippen molar-refractivity contribution in [2.75, 3.05) is 36.8 Å². The van der Waals surface area contributed by atoms with Crippen LogP contribution >= 0.6 is 11.3 Å². The molecule has 0 atom stereocenters. The second-order valence-electron chi connectivity index (χ2n) is 7.70. The molecule has 1 aromatic carbocycles. The Labute approximate surface area is 182 Å². The van der Waals surface area contributed by atoms with Crippen LogP contribution in [0.3, 0.4) is 0 Å². The van der Waals surface area contributed by atoms with Crippen LogP contribution in [-0.4, -0.2) is 54.6 Å². The smallest absolute Gasteiger partial charge is 0.213 e. The molecule has 6 nitrogen and oxygen atoms in total. The summed E-state index contributed by atoms with van der Waals surface area (Å²) in [6.07, 6.45) is 1.69. The first-order valence-electron chi connectivity index (χ1n) is 10.4. The van der Waals surface area contributed by atoms with Crippen molar-refractivity contribution < 1.29 is 8.42 Å². The lowest BCUT2D eigenvalue weighted by molar-refractivity contribution is 0.384. The van der Waals surface area contributed by atoms with Crippen molar-refractivity contribution in [3.63, 3.8) is 0 Å². The molecular weight excluding hydrogens is 416 g/mol. The van der Waals surface area contributed by atoms with Crippen LogP contribution in [0.15, 0.2) is 30.3 Å². The molecule has 1 saturated heterocycles. The molecule has 160 valence electrons. The number of nitrogens with zero attached hydrogens (tertiary/aromatic N) is 4. The van der Waals surface area contributed by atoms with E-state index in [9.17, 15) is 8.42 Å². The number of sulfonamides is 1.